The van der Waals surface area contributed by atoms with Crippen LogP contribution < -0.4 is 5.32 Å². The second-order valence-corrected chi connectivity index (χ2v) is 4.06. The first kappa shape index (κ1) is 12.7. The highest BCUT2D eigenvalue weighted by molar-refractivity contribution is 5.89. The smallest absolute Gasteiger partial charge is 0.389 e. The van der Waals surface area contributed by atoms with Crippen molar-refractivity contribution < 1.29 is 23.1 Å². The summed E-state index contributed by atoms with van der Waals surface area (Å²) in [6.45, 7) is 0.485. The van der Waals surface area contributed by atoms with Crippen LogP contribution >= 0.6 is 0 Å². The van der Waals surface area contributed by atoms with Gasteiger partial charge in [-0.05, 0) is 24.3 Å². The summed E-state index contributed by atoms with van der Waals surface area (Å²) in [6.07, 6.45) is -4.90. The minimum Gasteiger partial charge on any atom is -0.389 e. The number of benzene rings is 1. The molecule has 18 heavy (non-hydrogen) atoms. The van der Waals surface area contributed by atoms with Gasteiger partial charge in [0.05, 0.1) is 24.8 Å². The lowest BCUT2D eigenvalue weighted by Gasteiger charge is -2.35. The van der Waals surface area contributed by atoms with E-state index >= 15 is 0 Å². The summed E-state index contributed by atoms with van der Waals surface area (Å²) in [5.41, 5.74) is -0.478. The highest BCUT2D eigenvalue weighted by atomic mass is 19.4. The van der Waals surface area contributed by atoms with Crippen LogP contribution in [-0.2, 0) is 6.18 Å². The van der Waals surface area contributed by atoms with Crippen molar-refractivity contribution in [3.8, 4) is 0 Å². The van der Waals surface area contributed by atoms with Gasteiger partial charge in [0.2, 0.25) is 0 Å². The fraction of sp³-hybridized carbons (Fsp3) is 0.364. The minimum absolute atomic E-state index is 0.243. The fourth-order valence-electron chi connectivity index (χ4n) is 1.57. The van der Waals surface area contributed by atoms with Crippen LogP contribution in [0.25, 0.3) is 0 Å². The van der Waals surface area contributed by atoms with Crippen LogP contribution in [0.4, 0.5) is 23.7 Å². The number of nitrogens with one attached hydrogen (secondary N) is 1. The van der Waals surface area contributed by atoms with Crippen LogP contribution in [0.2, 0.25) is 0 Å². The van der Waals surface area contributed by atoms with Crippen LogP contribution in [0, 0.1) is 0 Å². The van der Waals surface area contributed by atoms with Gasteiger partial charge in [-0.1, -0.05) is 0 Å². The second kappa shape index (κ2) is 4.49. The van der Waals surface area contributed by atoms with Gasteiger partial charge in [0.15, 0.2) is 0 Å². The van der Waals surface area contributed by atoms with Crippen LogP contribution in [0.1, 0.15) is 5.56 Å². The van der Waals surface area contributed by atoms with Gasteiger partial charge in [-0.3, -0.25) is 0 Å². The number of likely N-dealkylation sites (tertiary alicyclic amines) is 1. The van der Waals surface area contributed by atoms with Crippen molar-refractivity contribution in [2.45, 2.75) is 12.3 Å². The molecule has 4 nitrogen and oxygen atoms in total. The third-order valence-corrected chi connectivity index (χ3v) is 2.61. The van der Waals surface area contributed by atoms with Gasteiger partial charge < -0.3 is 15.3 Å². The third-order valence-electron chi connectivity index (χ3n) is 2.61. The molecule has 1 saturated heterocycles. The SMILES string of the molecule is O=C(Nc1ccc(C(F)(F)F)cc1)N1CC(O)C1. The number of hydrogen-bond acceptors (Lipinski definition) is 2. The van der Waals surface area contributed by atoms with Crippen LogP contribution in [0.3, 0.4) is 0 Å². The lowest BCUT2D eigenvalue weighted by molar-refractivity contribution is -0.137. The Labute approximate surface area is 101 Å². The first-order valence-electron chi connectivity index (χ1n) is 5.27. The van der Waals surface area contributed by atoms with Crippen molar-refractivity contribution in [2.24, 2.45) is 0 Å². The molecule has 98 valence electrons. The molecule has 7 heteroatoms. The van der Waals surface area contributed by atoms with E-state index in [9.17, 15) is 18.0 Å². The van der Waals surface area contributed by atoms with Crippen molar-refractivity contribution in [2.75, 3.05) is 18.4 Å². The molecule has 0 saturated carbocycles. The van der Waals surface area contributed by atoms with Crippen LogP contribution in [-0.4, -0.2) is 35.2 Å². The normalized spacial score (nSPS) is 16.3. The van der Waals surface area contributed by atoms with Crippen molar-refractivity contribution >= 4 is 11.7 Å². The Morgan fingerprint density at radius 2 is 1.83 bits per heavy atom. The predicted octanol–water partition coefficient (Wildman–Crippen LogP) is 1.91. The monoisotopic (exact) mass is 260 g/mol. The molecule has 2 amide bonds. The van der Waals surface area contributed by atoms with E-state index in [1.54, 1.807) is 0 Å². The Morgan fingerprint density at radius 3 is 2.28 bits per heavy atom. The molecule has 2 rings (SSSR count). The Morgan fingerprint density at radius 1 is 1.28 bits per heavy atom. The Bertz CT molecular complexity index is 439. The molecule has 2 N–H and O–H groups in total. The van der Waals surface area contributed by atoms with E-state index in [0.717, 1.165) is 12.1 Å². The number of carbonyl (C=O) groups is 1. The van der Waals surface area contributed by atoms with Gasteiger partial charge in [-0.25, -0.2) is 4.79 Å². The largest absolute Gasteiger partial charge is 0.416 e. The summed E-state index contributed by atoms with van der Waals surface area (Å²) in [6, 6.07) is 3.76. The third kappa shape index (κ3) is 2.73. The highest BCUT2D eigenvalue weighted by Gasteiger charge is 2.31. The molecule has 0 aromatic heterocycles. The van der Waals surface area contributed by atoms with Crippen LogP contribution in [0.5, 0.6) is 0 Å². The highest BCUT2D eigenvalue weighted by Crippen LogP contribution is 2.29. The zero-order valence-electron chi connectivity index (χ0n) is 9.24. The predicted molar refractivity (Wildman–Crippen MR) is 58.0 cm³/mol. The molecule has 1 aromatic carbocycles. The average Bonchev–Trinajstić information content (AvgIpc) is 2.24. The van der Waals surface area contributed by atoms with E-state index in [-0.39, 0.29) is 18.8 Å². The van der Waals surface area contributed by atoms with Gasteiger partial charge in [-0.15, -0.1) is 0 Å². The number of anilines is 1. The zero-order valence-corrected chi connectivity index (χ0v) is 9.24. The van der Waals surface area contributed by atoms with Crippen molar-refractivity contribution in [1.29, 1.82) is 0 Å². The van der Waals surface area contributed by atoms with Crippen LogP contribution in [0.15, 0.2) is 24.3 Å². The quantitative estimate of drug-likeness (QED) is 0.810. The molecule has 1 aliphatic rings. The summed E-state index contributed by atoms with van der Waals surface area (Å²) < 4.78 is 36.9. The van der Waals surface area contributed by atoms with E-state index in [4.69, 9.17) is 5.11 Å². The van der Waals surface area contributed by atoms with E-state index in [0.29, 0.717) is 0 Å². The van der Waals surface area contributed by atoms with Crippen molar-refractivity contribution in [3.63, 3.8) is 0 Å². The van der Waals surface area contributed by atoms with Gasteiger partial charge in [0.1, 0.15) is 0 Å². The number of β-amino-alcohol motifs (C(OH)–C–C–N with tert-alkyl or cyclic N) is 1. The number of hydrogen-bond donors (Lipinski definition) is 2. The van der Waals surface area contributed by atoms with E-state index in [1.165, 1.54) is 17.0 Å². The first-order valence-corrected chi connectivity index (χ1v) is 5.27. The zero-order chi connectivity index (χ0) is 13.3. The number of aliphatic hydroxyl groups excluding tert-OH is 1. The van der Waals surface area contributed by atoms with E-state index in [2.05, 4.69) is 5.32 Å². The average molecular weight is 260 g/mol. The number of amides is 2. The van der Waals surface area contributed by atoms with Gasteiger partial charge >= 0.3 is 12.2 Å². The molecule has 1 aliphatic heterocycles. The first-order chi connectivity index (χ1) is 8.36. The maximum Gasteiger partial charge on any atom is 0.416 e. The minimum atomic E-state index is -4.38. The number of aliphatic hydroxyl groups is 1. The molecular formula is C11H11F3N2O2. The number of urea groups is 1. The molecular weight excluding hydrogens is 249 g/mol. The molecule has 1 fully saturated rings. The Kier molecular flexibility index (Phi) is 3.16. The number of carbonyl (C=O) groups excluding carboxylic acids is 1. The summed E-state index contributed by atoms with van der Waals surface area (Å²) in [5, 5.41) is 11.5. The van der Waals surface area contributed by atoms with Gasteiger partial charge in [0, 0.05) is 5.69 Å². The molecule has 0 radical (unpaired) electrons. The van der Waals surface area contributed by atoms with Gasteiger partial charge in [-0.2, -0.15) is 13.2 Å². The number of halogens is 3. The summed E-state index contributed by atoms with van der Waals surface area (Å²) >= 11 is 0. The molecule has 0 aliphatic carbocycles. The van der Waals surface area contributed by atoms with Crippen molar-refractivity contribution in [1.82, 2.24) is 4.90 Å². The lowest BCUT2D eigenvalue weighted by atomic mass is 10.2. The van der Waals surface area contributed by atoms with Crippen molar-refractivity contribution in [3.05, 3.63) is 29.8 Å². The molecule has 0 atom stereocenters. The molecule has 0 spiro atoms. The van der Waals surface area contributed by atoms with Gasteiger partial charge in [0.25, 0.3) is 0 Å². The topological polar surface area (TPSA) is 52.6 Å². The number of alkyl halides is 3. The molecule has 0 unspecified atom stereocenters. The second-order valence-electron chi connectivity index (χ2n) is 4.06. The summed E-state index contributed by atoms with van der Waals surface area (Å²) in [4.78, 5) is 12.9. The molecule has 0 bridgehead atoms. The van der Waals surface area contributed by atoms with E-state index in [1.807, 2.05) is 0 Å². The number of rotatable bonds is 1. The summed E-state index contributed by atoms with van der Waals surface area (Å²) in [7, 11) is 0. The molecule has 1 heterocycles. The Hall–Kier alpha value is -1.76. The fourth-order valence-corrected chi connectivity index (χ4v) is 1.57. The summed E-state index contributed by atoms with van der Waals surface area (Å²) in [5.74, 6) is 0. The maximum absolute atomic E-state index is 12.3. The standard InChI is InChI=1S/C11H11F3N2O2/c12-11(13,14)7-1-3-8(4-2-7)15-10(18)16-5-9(17)6-16/h1-4,9,17H,5-6H2,(H,15,18). The maximum atomic E-state index is 12.3. The van der Waals surface area contributed by atoms with E-state index < -0.39 is 23.9 Å². The Balaban J connectivity index is 1.96. The number of nitrogens with zero attached hydrogens (tertiary/aromatic N) is 1. The molecule has 1 aromatic rings. The lowest BCUT2D eigenvalue weighted by Crippen LogP contribution is -2.54.